The lowest BCUT2D eigenvalue weighted by atomic mass is 10.1. The van der Waals surface area contributed by atoms with E-state index >= 15 is 0 Å². The first-order valence-corrected chi connectivity index (χ1v) is 9.23. The molecular formula is C19H17N5O3S. The van der Waals surface area contributed by atoms with E-state index in [1.807, 2.05) is 31.2 Å². The van der Waals surface area contributed by atoms with Crippen LogP contribution in [0.5, 0.6) is 11.5 Å². The normalized spacial score (nSPS) is 10.8. The zero-order valence-electron chi connectivity index (χ0n) is 15.5. The molecular weight excluding hydrogens is 378 g/mol. The number of hydrogen-bond donors (Lipinski definition) is 1. The third-order valence-corrected chi connectivity index (χ3v) is 4.95. The van der Waals surface area contributed by atoms with Gasteiger partial charge >= 0.3 is 0 Å². The maximum atomic E-state index is 12.6. The molecule has 4 aromatic rings. The van der Waals surface area contributed by atoms with Crippen molar-refractivity contribution in [2.24, 2.45) is 0 Å². The summed E-state index contributed by atoms with van der Waals surface area (Å²) in [5.41, 5.74) is 2.46. The maximum Gasteiger partial charge on any atom is 0.257 e. The molecule has 28 heavy (non-hydrogen) atoms. The zero-order valence-corrected chi connectivity index (χ0v) is 16.3. The predicted octanol–water partition coefficient (Wildman–Crippen LogP) is 3.43. The number of ether oxygens (including phenoxy) is 2. The van der Waals surface area contributed by atoms with Gasteiger partial charge in [0.15, 0.2) is 17.3 Å². The Hall–Kier alpha value is -3.46. The molecule has 0 aliphatic carbocycles. The second kappa shape index (κ2) is 7.28. The first-order chi connectivity index (χ1) is 13.6. The van der Waals surface area contributed by atoms with Crippen LogP contribution in [0.2, 0.25) is 0 Å². The standard InChI is InChI=1S/C19H17N5O3S/c1-11-5-4-6-12(9-11)16-21-22-19-24(16)23-18(28-19)20-17(25)13-7-8-14(26-2)15(10-13)27-3/h4-10H,1-3H3,(H,20,23,25). The highest BCUT2D eigenvalue weighted by molar-refractivity contribution is 7.20. The van der Waals surface area contributed by atoms with Gasteiger partial charge in [-0.05, 0) is 31.2 Å². The molecule has 0 saturated heterocycles. The van der Waals surface area contributed by atoms with E-state index in [9.17, 15) is 4.79 Å². The number of methoxy groups -OCH3 is 2. The number of rotatable bonds is 5. The third-order valence-electron chi connectivity index (χ3n) is 4.13. The minimum atomic E-state index is -0.303. The fourth-order valence-electron chi connectivity index (χ4n) is 2.78. The Morgan fingerprint density at radius 2 is 1.89 bits per heavy atom. The van der Waals surface area contributed by atoms with E-state index in [2.05, 4.69) is 20.6 Å². The molecule has 0 aliphatic heterocycles. The third kappa shape index (κ3) is 3.27. The number of nitrogens with zero attached hydrogens (tertiary/aromatic N) is 4. The Kier molecular flexibility index (Phi) is 4.66. The Bertz CT molecular complexity index is 1170. The average molecular weight is 395 g/mol. The molecule has 0 aliphatic rings. The van der Waals surface area contributed by atoms with Crippen molar-refractivity contribution in [2.75, 3.05) is 19.5 Å². The van der Waals surface area contributed by atoms with Crippen LogP contribution < -0.4 is 14.8 Å². The molecule has 1 N–H and O–H groups in total. The molecule has 0 radical (unpaired) electrons. The number of fused-ring (bicyclic) bond motifs is 1. The van der Waals surface area contributed by atoms with Gasteiger partial charge in [-0.2, -0.15) is 4.52 Å². The first kappa shape index (κ1) is 17.9. The molecule has 0 atom stereocenters. The van der Waals surface area contributed by atoms with Gasteiger partial charge in [0.25, 0.3) is 5.91 Å². The summed E-state index contributed by atoms with van der Waals surface area (Å²) >= 11 is 1.25. The fourth-order valence-corrected chi connectivity index (χ4v) is 3.51. The monoisotopic (exact) mass is 395 g/mol. The molecule has 9 heteroatoms. The number of benzene rings is 2. The molecule has 2 aromatic heterocycles. The highest BCUT2D eigenvalue weighted by Crippen LogP contribution is 2.29. The van der Waals surface area contributed by atoms with E-state index in [0.717, 1.165) is 11.1 Å². The summed E-state index contributed by atoms with van der Waals surface area (Å²) in [4.78, 5) is 13.2. The molecule has 0 unspecified atom stereocenters. The highest BCUT2D eigenvalue weighted by Gasteiger charge is 2.16. The molecule has 2 aromatic carbocycles. The average Bonchev–Trinajstić information content (AvgIpc) is 3.27. The van der Waals surface area contributed by atoms with Crippen molar-refractivity contribution < 1.29 is 14.3 Å². The molecule has 0 saturated carbocycles. The number of carbonyl (C=O) groups excluding carboxylic acids is 1. The van der Waals surface area contributed by atoms with Crippen molar-refractivity contribution in [1.29, 1.82) is 0 Å². The lowest BCUT2D eigenvalue weighted by molar-refractivity contribution is 0.102. The van der Waals surface area contributed by atoms with Crippen LogP contribution in [-0.2, 0) is 0 Å². The molecule has 2 heterocycles. The van der Waals surface area contributed by atoms with Gasteiger partial charge in [-0.1, -0.05) is 35.1 Å². The summed E-state index contributed by atoms with van der Waals surface area (Å²) < 4.78 is 12.1. The highest BCUT2D eigenvalue weighted by atomic mass is 32.1. The molecule has 4 rings (SSSR count). The Morgan fingerprint density at radius 1 is 1.07 bits per heavy atom. The number of hydrogen-bond acceptors (Lipinski definition) is 7. The van der Waals surface area contributed by atoms with Crippen molar-refractivity contribution in [3.05, 3.63) is 53.6 Å². The fraction of sp³-hybridized carbons (Fsp3) is 0.158. The van der Waals surface area contributed by atoms with Gasteiger partial charge in [-0.3, -0.25) is 10.1 Å². The van der Waals surface area contributed by atoms with Gasteiger partial charge in [0.2, 0.25) is 10.1 Å². The predicted molar refractivity (Wildman–Crippen MR) is 106 cm³/mol. The van der Waals surface area contributed by atoms with Crippen molar-refractivity contribution in [3.63, 3.8) is 0 Å². The number of amides is 1. The second-order valence-corrected chi connectivity index (χ2v) is 6.97. The Morgan fingerprint density at radius 3 is 2.64 bits per heavy atom. The minimum absolute atomic E-state index is 0.303. The second-order valence-electron chi connectivity index (χ2n) is 6.02. The van der Waals surface area contributed by atoms with Crippen LogP contribution in [0.15, 0.2) is 42.5 Å². The van der Waals surface area contributed by atoms with Gasteiger partial charge < -0.3 is 9.47 Å². The van der Waals surface area contributed by atoms with E-state index in [4.69, 9.17) is 9.47 Å². The summed E-state index contributed by atoms with van der Waals surface area (Å²) in [6.07, 6.45) is 0. The zero-order chi connectivity index (χ0) is 19.7. The molecule has 1 amide bonds. The Labute approximate surface area is 164 Å². The van der Waals surface area contributed by atoms with Crippen molar-refractivity contribution >= 4 is 27.3 Å². The minimum Gasteiger partial charge on any atom is -0.493 e. The van der Waals surface area contributed by atoms with Crippen LogP contribution in [0, 0.1) is 6.92 Å². The van der Waals surface area contributed by atoms with E-state index < -0.39 is 0 Å². The van der Waals surface area contributed by atoms with Crippen molar-refractivity contribution in [3.8, 4) is 22.9 Å². The lowest BCUT2D eigenvalue weighted by Gasteiger charge is -2.09. The first-order valence-electron chi connectivity index (χ1n) is 8.41. The summed E-state index contributed by atoms with van der Waals surface area (Å²) in [6.45, 7) is 2.01. The smallest absolute Gasteiger partial charge is 0.257 e. The van der Waals surface area contributed by atoms with Crippen LogP contribution in [0.3, 0.4) is 0 Å². The van der Waals surface area contributed by atoms with Crippen molar-refractivity contribution in [1.82, 2.24) is 19.8 Å². The summed E-state index contributed by atoms with van der Waals surface area (Å²) in [5.74, 6) is 1.36. The van der Waals surface area contributed by atoms with Gasteiger partial charge in [0, 0.05) is 11.1 Å². The number of aromatic nitrogens is 4. The molecule has 0 spiro atoms. The van der Waals surface area contributed by atoms with Gasteiger partial charge in [0.1, 0.15) is 0 Å². The number of nitrogens with one attached hydrogen (secondary N) is 1. The molecule has 0 bridgehead atoms. The van der Waals surface area contributed by atoms with E-state index in [1.165, 1.54) is 18.4 Å². The van der Waals surface area contributed by atoms with Gasteiger partial charge in [0.05, 0.1) is 14.2 Å². The summed E-state index contributed by atoms with van der Waals surface area (Å²) in [7, 11) is 3.07. The number of carbonyl (C=O) groups is 1. The number of aryl methyl sites for hydroxylation is 1. The summed E-state index contributed by atoms with van der Waals surface area (Å²) in [6, 6.07) is 12.9. The van der Waals surface area contributed by atoms with Crippen LogP contribution in [0.25, 0.3) is 16.3 Å². The van der Waals surface area contributed by atoms with E-state index in [1.54, 1.807) is 29.8 Å². The van der Waals surface area contributed by atoms with Gasteiger partial charge in [-0.25, -0.2) is 0 Å². The van der Waals surface area contributed by atoms with Crippen LogP contribution in [0.1, 0.15) is 15.9 Å². The maximum absolute atomic E-state index is 12.6. The topological polar surface area (TPSA) is 90.6 Å². The Balaban J connectivity index is 1.61. The molecule has 142 valence electrons. The van der Waals surface area contributed by atoms with Crippen LogP contribution in [-0.4, -0.2) is 39.9 Å². The number of anilines is 1. The molecule has 0 fully saturated rings. The van der Waals surface area contributed by atoms with E-state index in [0.29, 0.717) is 33.0 Å². The largest absolute Gasteiger partial charge is 0.493 e. The molecule has 8 nitrogen and oxygen atoms in total. The summed E-state index contributed by atoms with van der Waals surface area (Å²) in [5, 5.41) is 16.0. The van der Waals surface area contributed by atoms with Gasteiger partial charge in [-0.15, -0.1) is 15.3 Å². The SMILES string of the molecule is COc1ccc(C(=O)Nc2nn3c(-c4cccc(C)c4)nnc3s2)cc1OC. The lowest BCUT2D eigenvalue weighted by Crippen LogP contribution is -2.12. The quantitative estimate of drug-likeness (QED) is 0.557. The van der Waals surface area contributed by atoms with E-state index in [-0.39, 0.29) is 5.91 Å². The van der Waals surface area contributed by atoms with Crippen LogP contribution in [0.4, 0.5) is 5.13 Å². The van der Waals surface area contributed by atoms with Crippen LogP contribution >= 0.6 is 11.3 Å². The van der Waals surface area contributed by atoms with Crippen molar-refractivity contribution in [2.45, 2.75) is 6.92 Å².